The highest BCUT2D eigenvalue weighted by molar-refractivity contribution is 7.47. The molecule has 2 unspecified atom stereocenters. The first kappa shape index (κ1) is 87.1. The zero-order chi connectivity index (χ0) is 65.7. The number of rotatable bonds is 69. The van der Waals surface area contributed by atoms with Crippen molar-refractivity contribution in [1.82, 2.24) is 0 Å². The van der Waals surface area contributed by atoms with Crippen molar-refractivity contribution < 1.29 is 80.2 Å². The lowest BCUT2D eigenvalue weighted by atomic mass is 10.0. The lowest BCUT2D eigenvalue weighted by Gasteiger charge is -2.21. The summed E-state index contributed by atoms with van der Waals surface area (Å²) in [4.78, 5) is 72.4. The second-order valence-electron chi connectivity index (χ2n) is 26.2. The molecule has 5 atom stereocenters. The normalized spacial score (nSPS) is 14.1. The summed E-state index contributed by atoms with van der Waals surface area (Å²) in [6.07, 6.45) is 47.3. The standard InChI is InChI=1S/C70H136O17P2/c1-7-9-11-13-15-16-17-18-19-20-24-29-35-41-47-53-68(73)81-59-66(87-69(74)54-48-42-36-30-25-22-21-23-27-33-38-44-50-62(3)4)61-85-89(78,79)83-57-64(71)56-82-88(76,77)84-60-65(58-80-67(72)52-46-40-32-14-12-10-8-2)86-70(75)55-49-43-37-31-26-28-34-39-45-51-63(5)6/h62-66,71H,7-61H2,1-6H3,(H,76,77)(H,78,79)/t64-,65+,66+/m0/s1. The smallest absolute Gasteiger partial charge is 0.462 e. The topological polar surface area (TPSA) is 237 Å². The molecule has 0 fully saturated rings. The number of hydrogen-bond donors (Lipinski definition) is 3. The number of carbonyl (C=O) groups is 4. The molecule has 0 aliphatic carbocycles. The molecular formula is C70H136O17P2. The van der Waals surface area contributed by atoms with Crippen LogP contribution in [0.15, 0.2) is 0 Å². The van der Waals surface area contributed by atoms with E-state index < -0.39 is 97.5 Å². The number of carbonyl (C=O) groups excluding carboxylic acids is 4. The van der Waals surface area contributed by atoms with E-state index in [-0.39, 0.29) is 25.7 Å². The summed E-state index contributed by atoms with van der Waals surface area (Å²) in [5, 5.41) is 10.6. The first-order chi connectivity index (χ1) is 42.9. The fourth-order valence-electron chi connectivity index (χ4n) is 10.6. The molecule has 0 aliphatic heterocycles. The predicted molar refractivity (Wildman–Crippen MR) is 358 cm³/mol. The third-order valence-electron chi connectivity index (χ3n) is 16.2. The van der Waals surface area contributed by atoms with Crippen LogP contribution in [0.5, 0.6) is 0 Å². The Kier molecular flexibility index (Phi) is 60.8. The van der Waals surface area contributed by atoms with Gasteiger partial charge in [-0.2, -0.15) is 0 Å². The quantitative estimate of drug-likeness (QED) is 0.0222. The lowest BCUT2D eigenvalue weighted by molar-refractivity contribution is -0.161. The van der Waals surface area contributed by atoms with Crippen LogP contribution in [0.3, 0.4) is 0 Å². The minimum absolute atomic E-state index is 0.105. The Morgan fingerprint density at radius 3 is 0.764 bits per heavy atom. The van der Waals surface area contributed by atoms with Crippen LogP contribution in [-0.4, -0.2) is 96.7 Å². The van der Waals surface area contributed by atoms with Crippen LogP contribution in [0.4, 0.5) is 0 Å². The van der Waals surface area contributed by atoms with Crippen molar-refractivity contribution in [3.63, 3.8) is 0 Å². The van der Waals surface area contributed by atoms with E-state index in [1.807, 2.05) is 0 Å². The zero-order valence-electron chi connectivity index (χ0n) is 57.7. The van der Waals surface area contributed by atoms with Crippen molar-refractivity contribution >= 4 is 39.5 Å². The van der Waals surface area contributed by atoms with Crippen molar-refractivity contribution in [2.24, 2.45) is 11.8 Å². The molecule has 0 heterocycles. The third-order valence-corrected chi connectivity index (χ3v) is 18.1. The lowest BCUT2D eigenvalue weighted by Crippen LogP contribution is -2.30. The predicted octanol–water partition coefficient (Wildman–Crippen LogP) is 20.0. The number of esters is 4. The second-order valence-corrected chi connectivity index (χ2v) is 29.1. The molecule has 0 radical (unpaired) electrons. The highest BCUT2D eigenvalue weighted by Gasteiger charge is 2.30. The molecule has 19 heteroatoms. The van der Waals surface area contributed by atoms with E-state index in [4.69, 9.17) is 37.0 Å². The van der Waals surface area contributed by atoms with Gasteiger partial charge in [-0.05, 0) is 37.5 Å². The van der Waals surface area contributed by atoms with Gasteiger partial charge in [-0.15, -0.1) is 0 Å². The molecule has 0 rings (SSSR count). The van der Waals surface area contributed by atoms with Crippen LogP contribution in [0.1, 0.15) is 356 Å². The van der Waals surface area contributed by atoms with E-state index in [1.54, 1.807) is 0 Å². The maximum atomic E-state index is 13.0. The van der Waals surface area contributed by atoms with Crippen molar-refractivity contribution in [3.8, 4) is 0 Å². The van der Waals surface area contributed by atoms with E-state index in [0.29, 0.717) is 25.7 Å². The summed E-state index contributed by atoms with van der Waals surface area (Å²) in [6.45, 7) is 9.50. The Labute approximate surface area is 543 Å². The molecule has 17 nitrogen and oxygen atoms in total. The largest absolute Gasteiger partial charge is 0.472 e. The number of unbranched alkanes of at least 4 members (excludes halogenated alkanes) is 39. The highest BCUT2D eigenvalue weighted by atomic mass is 31.2. The molecule has 0 spiro atoms. The van der Waals surface area contributed by atoms with Gasteiger partial charge in [0.05, 0.1) is 26.4 Å². The Bertz CT molecular complexity index is 1730. The monoisotopic (exact) mass is 1310 g/mol. The summed E-state index contributed by atoms with van der Waals surface area (Å²) in [5.74, 6) is -0.614. The van der Waals surface area contributed by atoms with Gasteiger partial charge < -0.3 is 33.8 Å². The Morgan fingerprint density at radius 1 is 0.303 bits per heavy atom. The van der Waals surface area contributed by atoms with Crippen molar-refractivity contribution in [2.45, 2.75) is 374 Å². The van der Waals surface area contributed by atoms with Gasteiger partial charge in [0, 0.05) is 25.7 Å². The van der Waals surface area contributed by atoms with Crippen LogP contribution in [0.2, 0.25) is 0 Å². The average Bonchev–Trinajstić information content (AvgIpc) is 3.71. The maximum absolute atomic E-state index is 13.0. The fraction of sp³-hybridized carbons (Fsp3) is 0.943. The van der Waals surface area contributed by atoms with Crippen LogP contribution < -0.4 is 0 Å². The number of phosphoric acid groups is 2. The fourth-order valence-corrected chi connectivity index (χ4v) is 12.2. The van der Waals surface area contributed by atoms with Crippen LogP contribution >= 0.6 is 15.6 Å². The Morgan fingerprint density at radius 2 is 0.517 bits per heavy atom. The molecule has 0 aromatic rings. The average molecular weight is 1310 g/mol. The minimum atomic E-state index is -4.95. The van der Waals surface area contributed by atoms with E-state index in [1.165, 1.54) is 161 Å². The van der Waals surface area contributed by atoms with Crippen molar-refractivity contribution in [2.75, 3.05) is 39.6 Å². The molecule has 0 aliphatic rings. The number of phosphoric ester groups is 2. The van der Waals surface area contributed by atoms with Crippen LogP contribution in [0.25, 0.3) is 0 Å². The second kappa shape index (κ2) is 62.2. The van der Waals surface area contributed by atoms with E-state index in [0.717, 1.165) is 115 Å². The molecule has 0 amide bonds. The number of aliphatic hydroxyl groups excluding tert-OH is 1. The van der Waals surface area contributed by atoms with E-state index in [2.05, 4.69) is 41.5 Å². The van der Waals surface area contributed by atoms with Gasteiger partial charge >= 0.3 is 39.5 Å². The first-order valence-corrected chi connectivity index (χ1v) is 39.5. The SMILES string of the molecule is CCCCCCCCCCCCCCCCCC(=O)OC[C@H](COP(=O)(O)OC[C@@H](O)COP(=O)(O)OC[C@@H](COC(=O)CCCCCCCCC)OC(=O)CCCCCCCCCCCC(C)C)OC(=O)CCCCCCCCCCCCCCC(C)C. The van der Waals surface area contributed by atoms with Crippen molar-refractivity contribution in [3.05, 3.63) is 0 Å². The van der Waals surface area contributed by atoms with Crippen LogP contribution in [-0.2, 0) is 65.4 Å². The van der Waals surface area contributed by atoms with Gasteiger partial charge in [0.1, 0.15) is 19.3 Å². The summed E-state index contributed by atoms with van der Waals surface area (Å²) in [7, 11) is -9.90. The Hall–Kier alpha value is -1.94. The minimum Gasteiger partial charge on any atom is -0.462 e. The molecular weight excluding hydrogens is 1170 g/mol. The molecule has 0 saturated carbocycles. The van der Waals surface area contributed by atoms with Crippen molar-refractivity contribution in [1.29, 1.82) is 0 Å². The molecule has 0 aromatic heterocycles. The summed E-state index contributed by atoms with van der Waals surface area (Å²) < 4.78 is 68.2. The van der Waals surface area contributed by atoms with Gasteiger partial charge in [-0.25, -0.2) is 9.13 Å². The summed E-state index contributed by atoms with van der Waals surface area (Å²) in [6, 6.07) is 0. The van der Waals surface area contributed by atoms with E-state index in [9.17, 15) is 43.2 Å². The zero-order valence-corrected chi connectivity index (χ0v) is 59.5. The number of aliphatic hydroxyl groups is 1. The van der Waals surface area contributed by atoms with Crippen LogP contribution in [0, 0.1) is 11.8 Å². The molecule has 3 N–H and O–H groups in total. The van der Waals surface area contributed by atoms with Gasteiger partial charge in [0.25, 0.3) is 0 Å². The number of hydrogen-bond acceptors (Lipinski definition) is 15. The Balaban J connectivity index is 5.21. The summed E-state index contributed by atoms with van der Waals surface area (Å²) >= 11 is 0. The highest BCUT2D eigenvalue weighted by Crippen LogP contribution is 2.45. The first-order valence-electron chi connectivity index (χ1n) is 36.5. The summed E-state index contributed by atoms with van der Waals surface area (Å²) in [5.41, 5.74) is 0. The molecule has 528 valence electrons. The van der Waals surface area contributed by atoms with Gasteiger partial charge in [-0.1, -0.05) is 305 Å². The number of ether oxygens (including phenoxy) is 4. The molecule has 0 bridgehead atoms. The molecule has 0 saturated heterocycles. The van der Waals surface area contributed by atoms with Gasteiger partial charge in [0.2, 0.25) is 0 Å². The van der Waals surface area contributed by atoms with E-state index >= 15 is 0 Å². The molecule has 89 heavy (non-hydrogen) atoms. The van der Waals surface area contributed by atoms with Gasteiger partial charge in [0.15, 0.2) is 12.2 Å². The third kappa shape index (κ3) is 64.6. The maximum Gasteiger partial charge on any atom is 0.472 e. The molecule has 0 aromatic carbocycles. The van der Waals surface area contributed by atoms with Gasteiger partial charge in [-0.3, -0.25) is 37.3 Å².